The standard InChI is InChI=1S/C17H27NO/c1-4-17(5-2)14-18-13-16(3,19-17)12-11-15-9-7-6-8-10-15/h6-10,18H,4-5,11-14H2,1-3H3. The van der Waals surface area contributed by atoms with E-state index in [1.807, 2.05) is 0 Å². The van der Waals surface area contributed by atoms with Crippen molar-refractivity contribution in [3.8, 4) is 0 Å². The second kappa shape index (κ2) is 6.06. The average Bonchev–Trinajstić information content (AvgIpc) is 2.46. The van der Waals surface area contributed by atoms with Crippen molar-refractivity contribution >= 4 is 0 Å². The van der Waals surface area contributed by atoms with Gasteiger partial charge >= 0.3 is 0 Å². The Labute approximate surface area is 117 Å². The van der Waals surface area contributed by atoms with Gasteiger partial charge in [0.2, 0.25) is 0 Å². The van der Waals surface area contributed by atoms with Crippen molar-refractivity contribution in [2.24, 2.45) is 0 Å². The van der Waals surface area contributed by atoms with E-state index < -0.39 is 0 Å². The van der Waals surface area contributed by atoms with Crippen LogP contribution in [0, 0.1) is 0 Å². The van der Waals surface area contributed by atoms with Gasteiger partial charge in [0, 0.05) is 13.1 Å². The normalized spacial score (nSPS) is 26.3. The molecule has 2 heteroatoms. The molecule has 2 nitrogen and oxygen atoms in total. The van der Waals surface area contributed by atoms with Crippen molar-refractivity contribution in [1.29, 1.82) is 0 Å². The Bertz CT molecular complexity index is 386. The maximum absolute atomic E-state index is 6.52. The second-order valence-corrected chi connectivity index (χ2v) is 6.03. The van der Waals surface area contributed by atoms with E-state index >= 15 is 0 Å². The largest absolute Gasteiger partial charge is 0.366 e. The molecule has 1 N–H and O–H groups in total. The fraction of sp³-hybridized carbons (Fsp3) is 0.647. The fourth-order valence-corrected chi connectivity index (χ4v) is 2.99. The maximum Gasteiger partial charge on any atom is 0.0809 e. The molecule has 0 amide bonds. The molecule has 0 spiro atoms. The van der Waals surface area contributed by atoms with Crippen molar-refractivity contribution in [3.63, 3.8) is 0 Å². The Balaban J connectivity index is 1.98. The third kappa shape index (κ3) is 3.58. The van der Waals surface area contributed by atoms with Crippen LogP contribution in [0.3, 0.4) is 0 Å². The Kier molecular flexibility index (Phi) is 4.64. The lowest BCUT2D eigenvalue weighted by Gasteiger charge is -2.47. The molecule has 1 saturated heterocycles. The highest BCUT2D eigenvalue weighted by atomic mass is 16.5. The van der Waals surface area contributed by atoms with Gasteiger partial charge in [0.1, 0.15) is 0 Å². The van der Waals surface area contributed by atoms with E-state index in [1.54, 1.807) is 0 Å². The van der Waals surface area contributed by atoms with Crippen LogP contribution >= 0.6 is 0 Å². The molecular weight excluding hydrogens is 234 g/mol. The summed E-state index contributed by atoms with van der Waals surface area (Å²) in [5.41, 5.74) is 1.39. The highest BCUT2D eigenvalue weighted by Gasteiger charge is 2.40. The summed E-state index contributed by atoms with van der Waals surface area (Å²) in [6.07, 6.45) is 4.32. The molecule has 0 saturated carbocycles. The van der Waals surface area contributed by atoms with E-state index in [0.29, 0.717) is 0 Å². The Morgan fingerprint density at radius 3 is 2.42 bits per heavy atom. The third-order valence-electron chi connectivity index (χ3n) is 4.48. The van der Waals surface area contributed by atoms with Gasteiger partial charge in [-0.1, -0.05) is 44.2 Å². The molecule has 1 aromatic rings. The van der Waals surface area contributed by atoms with Gasteiger partial charge in [-0.3, -0.25) is 0 Å². The van der Waals surface area contributed by atoms with Crippen LogP contribution < -0.4 is 5.32 Å². The van der Waals surface area contributed by atoms with E-state index in [2.05, 4.69) is 56.4 Å². The predicted octanol–water partition coefficient (Wildman–Crippen LogP) is 3.56. The first kappa shape index (κ1) is 14.5. The first-order chi connectivity index (χ1) is 9.11. The van der Waals surface area contributed by atoms with Crippen molar-refractivity contribution in [3.05, 3.63) is 35.9 Å². The number of aryl methyl sites for hydroxylation is 1. The highest BCUT2D eigenvalue weighted by Crippen LogP contribution is 2.32. The van der Waals surface area contributed by atoms with E-state index in [4.69, 9.17) is 4.74 Å². The summed E-state index contributed by atoms with van der Waals surface area (Å²) in [6.45, 7) is 8.66. The molecule has 0 aromatic heterocycles. The molecule has 1 heterocycles. The van der Waals surface area contributed by atoms with Crippen LogP contribution in [0.25, 0.3) is 0 Å². The fourth-order valence-electron chi connectivity index (χ4n) is 2.99. The average molecular weight is 261 g/mol. The van der Waals surface area contributed by atoms with E-state index in [1.165, 1.54) is 5.56 Å². The van der Waals surface area contributed by atoms with Crippen molar-refractivity contribution in [2.75, 3.05) is 13.1 Å². The Hall–Kier alpha value is -0.860. The zero-order valence-electron chi connectivity index (χ0n) is 12.5. The lowest BCUT2D eigenvalue weighted by atomic mass is 9.88. The van der Waals surface area contributed by atoms with Crippen LogP contribution in [-0.4, -0.2) is 24.3 Å². The quantitative estimate of drug-likeness (QED) is 0.875. The van der Waals surface area contributed by atoms with Crippen LogP contribution in [0.4, 0.5) is 0 Å². The molecule has 19 heavy (non-hydrogen) atoms. The third-order valence-corrected chi connectivity index (χ3v) is 4.48. The minimum Gasteiger partial charge on any atom is -0.366 e. The van der Waals surface area contributed by atoms with Gasteiger partial charge in [0.05, 0.1) is 11.2 Å². The molecule has 0 radical (unpaired) electrons. The molecule has 1 atom stereocenters. The zero-order chi connectivity index (χ0) is 13.8. The zero-order valence-corrected chi connectivity index (χ0v) is 12.5. The summed E-state index contributed by atoms with van der Waals surface area (Å²) in [7, 11) is 0. The predicted molar refractivity (Wildman–Crippen MR) is 80.4 cm³/mol. The number of morpholine rings is 1. The lowest BCUT2D eigenvalue weighted by Crippen LogP contribution is -2.59. The van der Waals surface area contributed by atoms with E-state index in [9.17, 15) is 0 Å². The maximum atomic E-state index is 6.52. The molecule has 1 aliphatic heterocycles. The summed E-state index contributed by atoms with van der Waals surface area (Å²) in [5, 5.41) is 3.58. The summed E-state index contributed by atoms with van der Waals surface area (Å²) in [4.78, 5) is 0. The van der Waals surface area contributed by atoms with Crippen molar-refractivity contribution in [2.45, 2.75) is 57.7 Å². The molecule has 106 valence electrons. The topological polar surface area (TPSA) is 21.3 Å². The van der Waals surface area contributed by atoms with Crippen molar-refractivity contribution in [1.82, 2.24) is 5.32 Å². The van der Waals surface area contributed by atoms with E-state index in [-0.39, 0.29) is 11.2 Å². The number of hydrogen-bond donors (Lipinski definition) is 1. The molecule has 2 rings (SSSR count). The summed E-state index contributed by atoms with van der Waals surface area (Å²) in [6, 6.07) is 10.7. The van der Waals surface area contributed by atoms with Crippen molar-refractivity contribution < 1.29 is 4.74 Å². The van der Waals surface area contributed by atoms with Crippen LogP contribution in [0.15, 0.2) is 30.3 Å². The van der Waals surface area contributed by atoms with E-state index in [0.717, 1.165) is 38.8 Å². The smallest absolute Gasteiger partial charge is 0.0809 e. The SMILES string of the molecule is CCC1(CC)CNCC(C)(CCc2ccccc2)O1. The minimum absolute atomic E-state index is 0.0314. The van der Waals surface area contributed by atoms with Crippen LogP contribution in [-0.2, 0) is 11.2 Å². The number of benzene rings is 1. The lowest BCUT2D eigenvalue weighted by molar-refractivity contribution is -0.175. The summed E-state index contributed by atoms with van der Waals surface area (Å²) in [5.74, 6) is 0. The summed E-state index contributed by atoms with van der Waals surface area (Å²) < 4.78 is 6.52. The number of nitrogens with one attached hydrogen (secondary N) is 1. The Morgan fingerprint density at radius 2 is 1.79 bits per heavy atom. The van der Waals surface area contributed by atoms with Crippen LogP contribution in [0.1, 0.15) is 45.6 Å². The Morgan fingerprint density at radius 1 is 1.11 bits per heavy atom. The molecule has 0 aliphatic carbocycles. The van der Waals surface area contributed by atoms with Gasteiger partial charge in [-0.05, 0) is 38.2 Å². The molecular formula is C17H27NO. The number of ether oxygens (including phenoxy) is 1. The number of rotatable bonds is 5. The van der Waals surface area contributed by atoms with Crippen LogP contribution in [0.2, 0.25) is 0 Å². The molecule has 1 aromatic carbocycles. The van der Waals surface area contributed by atoms with Gasteiger partial charge in [0.15, 0.2) is 0 Å². The first-order valence-corrected chi connectivity index (χ1v) is 7.56. The van der Waals surface area contributed by atoms with Gasteiger partial charge in [-0.2, -0.15) is 0 Å². The molecule has 1 fully saturated rings. The molecule has 0 bridgehead atoms. The molecule has 1 unspecified atom stereocenters. The van der Waals surface area contributed by atoms with Gasteiger partial charge in [0.25, 0.3) is 0 Å². The van der Waals surface area contributed by atoms with Crippen LogP contribution in [0.5, 0.6) is 0 Å². The summed E-state index contributed by atoms with van der Waals surface area (Å²) >= 11 is 0. The van der Waals surface area contributed by atoms with Gasteiger partial charge < -0.3 is 10.1 Å². The first-order valence-electron chi connectivity index (χ1n) is 7.56. The highest BCUT2D eigenvalue weighted by molar-refractivity contribution is 5.15. The van der Waals surface area contributed by atoms with Gasteiger partial charge in [-0.25, -0.2) is 0 Å². The van der Waals surface area contributed by atoms with Gasteiger partial charge in [-0.15, -0.1) is 0 Å². The number of hydrogen-bond acceptors (Lipinski definition) is 2. The second-order valence-electron chi connectivity index (χ2n) is 6.03. The molecule has 1 aliphatic rings. The minimum atomic E-state index is -0.0416. The monoisotopic (exact) mass is 261 g/mol.